The van der Waals surface area contributed by atoms with E-state index in [0.717, 1.165) is 25.0 Å². The molecular weight excluding hydrogens is 468 g/mol. The van der Waals surface area contributed by atoms with E-state index >= 15 is 0 Å². The number of ether oxygens (including phenoxy) is 1. The third-order valence-electron chi connectivity index (χ3n) is 6.15. The van der Waals surface area contributed by atoms with Gasteiger partial charge in [0.25, 0.3) is 11.8 Å². The van der Waals surface area contributed by atoms with Gasteiger partial charge in [0.15, 0.2) is 0 Å². The van der Waals surface area contributed by atoms with Gasteiger partial charge in [-0.1, -0.05) is 42.5 Å². The van der Waals surface area contributed by atoms with Crippen molar-refractivity contribution in [1.29, 1.82) is 0 Å². The third kappa shape index (κ3) is 7.65. The Morgan fingerprint density at radius 1 is 0.892 bits per heavy atom. The summed E-state index contributed by atoms with van der Waals surface area (Å²) in [5.74, 6) is -0.676. The molecule has 1 heterocycles. The Bertz CT molecular complexity index is 1230. The van der Waals surface area contributed by atoms with Gasteiger partial charge in [-0.15, -0.1) is 0 Å². The van der Waals surface area contributed by atoms with Gasteiger partial charge in [-0.2, -0.15) is 0 Å². The largest absolute Gasteiger partial charge is 0.376 e. The van der Waals surface area contributed by atoms with Crippen molar-refractivity contribution in [3.8, 4) is 0 Å². The highest BCUT2D eigenvalue weighted by molar-refractivity contribution is 5.98. The number of anilines is 2. The number of benzene rings is 3. The van der Waals surface area contributed by atoms with Crippen LogP contribution >= 0.6 is 0 Å². The van der Waals surface area contributed by atoms with Crippen LogP contribution in [-0.4, -0.2) is 43.5 Å². The summed E-state index contributed by atoms with van der Waals surface area (Å²) in [6, 6.07) is 23.4. The summed E-state index contributed by atoms with van der Waals surface area (Å²) < 4.78 is 5.53. The zero-order valence-corrected chi connectivity index (χ0v) is 20.8. The fourth-order valence-corrected chi connectivity index (χ4v) is 4.12. The maximum atomic E-state index is 12.7. The molecule has 2 atom stereocenters. The van der Waals surface area contributed by atoms with Crippen LogP contribution in [0.5, 0.6) is 0 Å². The summed E-state index contributed by atoms with van der Waals surface area (Å²) in [5.41, 5.74) is 3.16. The highest BCUT2D eigenvalue weighted by Crippen LogP contribution is 2.16. The van der Waals surface area contributed by atoms with Crippen molar-refractivity contribution in [1.82, 2.24) is 10.6 Å². The second-order valence-corrected chi connectivity index (χ2v) is 9.01. The van der Waals surface area contributed by atoms with E-state index in [9.17, 15) is 14.4 Å². The molecule has 0 aliphatic carbocycles. The quantitative estimate of drug-likeness (QED) is 0.335. The number of carbonyl (C=O) groups is 3. The summed E-state index contributed by atoms with van der Waals surface area (Å²) in [6.45, 7) is 3.14. The normalized spacial score (nSPS) is 15.4. The molecule has 1 aliphatic rings. The molecule has 4 N–H and O–H groups in total. The smallest absolute Gasteiger partial charge is 0.251 e. The predicted molar refractivity (Wildman–Crippen MR) is 144 cm³/mol. The monoisotopic (exact) mass is 500 g/mol. The zero-order chi connectivity index (χ0) is 26.0. The van der Waals surface area contributed by atoms with Crippen molar-refractivity contribution in [2.75, 3.05) is 30.3 Å². The van der Waals surface area contributed by atoms with Gasteiger partial charge in [0, 0.05) is 35.7 Å². The summed E-state index contributed by atoms with van der Waals surface area (Å²) in [5, 5.41) is 11.7. The van der Waals surface area contributed by atoms with E-state index in [0.29, 0.717) is 29.0 Å². The topological polar surface area (TPSA) is 109 Å². The number of hydrogen-bond donors (Lipinski definition) is 4. The Morgan fingerprint density at radius 3 is 2.32 bits per heavy atom. The van der Waals surface area contributed by atoms with Gasteiger partial charge in [0.1, 0.15) is 0 Å². The van der Waals surface area contributed by atoms with Crippen LogP contribution in [0.3, 0.4) is 0 Å². The Balaban J connectivity index is 1.27. The van der Waals surface area contributed by atoms with Crippen molar-refractivity contribution in [3.63, 3.8) is 0 Å². The lowest BCUT2D eigenvalue weighted by atomic mass is 10.1. The molecule has 0 spiro atoms. The number of carbonyl (C=O) groups excluding carboxylic acids is 3. The molecule has 0 radical (unpaired) electrons. The van der Waals surface area contributed by atoms with Crippen LogP contribution in [0.25, 0.3) is 0 Å². The van der Waals surface area contributed by atoms with Crippen molar-refractivity contribution in [3.05, 3.63) is 95.6 Å². The van der Waals surface area contributed by atoms with E-state index in [4.69, 9.17) is 4.74 Å². The second-order valence-electron chi connectivity index (χ2n) is 9.01. The van der Waals surface area contributed by atoms with Gasteiger partial charge in [-0.25, -0.2) is 0 Å². The highest BCUT2D eigenvalue weighted by atomic mass is 16.5. The standard InChI is InChI=1S/C29H32N4O4/c1-20(21-8-3-2-4-9-21)32-29(36)23-11-5-12-24(16-23)30-19-27(34)33-25-13-6-10-22(17-25)28(35)31-18-26-14-7-15-37-26/h2-6,8-13,16-17,20,26,30H,7,14-15,18-19H2,1H3,(H,31,35)(H,32,36)(H,33,34). The SMILES string of the molecule is CC(NC(=O)c1cccc(NCC(=O)Nc2cccc(C(=O)NCC3CCCO3)c2)c1)c1ccccc1. The second kappa shape index (κ2) is 12.7. The molecule has 1 saturated heterocycles. The number of rotatable bonds is 10. The first-order valence-electron chi connectivity index (χ1n) is 12.5. The minimum Gasteiger partial charge on any atom is -0.376 e. The molecule has 4 rings (SSSR count). The molecular formula is C29H32N4O4. The fraction of sp³-hybridized carbons (Fsp3) is 0.276. The first-order valence-corrected chi connectivity index (χ1v) is 12.5. The van der Waals surface area contributed by atoms with Crippen molar-refractivity contribution in [2.24, 2.45) is 0 Å². The van der Waals surface area contributed by atoms with E-state index in [1.165, 1.54) is 0 Å². The van der Waals surface area contributed by atoms with Crippen LogP contribution in [0.1, 0.15) is 52.1 Å². The molecule has 8 nitrogen and oxygen atoms in total. The van der Waals surface area contributed by atoms with Crippen molar-refractivity contribution < 1.29 is 19.1 Å². The summed E-state index contributed by atoms with van der Waals surface area (Å²) in [7, 11) is 0. The molecule has 1 fully saturated rings. The number of nitrogens with one attached hydrogen (secondary N) is 4. The molecule has 3 aromatic rings. The van der Waals surface area contributed by atoms with Crippen LogP contribution in [0.4, 0.5) is 11.4 Å². The first kappa shape index (κ1) is 25.9. The van der Waals surface area contributed by atoms with Crippen molar-refractivity contribution in [2.45, 2.75) is 31.9 Å². The molecule has 3 amide bonds. The summed E-state index contributed by atoms with van der Waals surface area (Å²) in [4.78, 5) is 37.7. The van der Waals surface area contributed by atoms with E-state index in [1.54, 1.807) is 48.5 Å². The molecule has 0 bridgehead atoms. The molecule has 37 heavy (non-hydrogen) atoms. The highest BCUT2D eigenvalue weighted by Gasteiger charge is 2.17. The maximum Gasteiger partial charge on any atom is 0.251 e. The van der Waals surface area contributed by atoms with E-state index in [1.807, 2.05) is 37.3 Å². The Morgan fingerprint density at radius 2 is 1.59 bits per heavy atom. The molecule has 0 saturated carbocycles. The van der Waals surface area contributed by atoms with Gasteiger partial charge in [0.05, 0.1) is 18.7 Å². The number of hydrogen-bond acceptors (Lipinski definition) is 5. The van der Waals surface area contributed by atoms with Gasteiger partial charge in [-0.05, 0) is 61.7 Å². The first-order chi connectivity index (χ1) is 18.0. The molecule has 192 valence electrons. The van der Waals surface area contributed by atoms with Crippen LogP contribution in [0.15, 0.2) is 78.9 Å². The summed E-state index contributed by atoms with van der Waals surface area (Å²) in [6.07, 6.45) is 2.03. The third-order valence-corrected chi connectivity index (χ3v) is 6.15. The van der Waals surface area contributed by atoms with Gasteiger partial charge in [0.2, 0.25) is 5.91 Å². The predicted octanol–water partition coefficient (Wildman–Crippen LogP) is 4.14. The van der Waals surface area contributed by atoms with Gasteiger partial charge < -0.3 is 26.0 Å². The van der Waals surface area contributed by atoms with E-state index in [2.05, 4.69) is 21.3 Å². The Kier molecular flexibility index (Phi) is 8.89. The van der Waals surface area contributed by atoms with Crippen LogP contribution < -0.4 is 21.3 Å². The Hall–Kier alpha value is -4.17. The lowest BCUT2D eigenvalue weighted by Crippen LogP contribution is -2.31. The minimum atomic E-state index is -0.274. The van der Waals surface area contributed by atoms with E-state index < -0.39 is 0 Å². The summed E-state index contributed by atoms with van der Waals surface area (Å²) >= 11 is 0. The van der Waals surface area contributed by atoms with Crippen LogP contribution in [0, 0.1) is 0 Å². The average Bonchev–Trinajstić information content (AvgIpc) is 3.45. The van der Waals surface area contributed by atoms with E-state index in [-0.39, 0.29) is 36.4 Å². The number of amides is 3. The van der Waals surface area contributed by atoms with Crippen molar-refractivity contribution >= 4 is 29.1 Å². The molecule has 0 aromatic heterocycles. The van der Waals surface area contributed by atoms with Crippen LogP contribution in [-0.2, 0) is 9.53 Å². The molecule has 8 heteroatoms. The molecule has 1 aliphatic heterocycles. The molecule has 2 unspecified atom stereocenters. The zero-order valence-electron chi connectivity index (χ0n) is 20.8. The van der Waals surface area contributed by atoms with Gasteiger partial charge >= 0.3 is 0 Å². The lowest BCUT2D eigenvalue weighted by Gasteiger charge is -2.15. The average molecular weight is 501 g/mol. The maximum absolute atomic E-state index is 12.7. The fourth-order valence-electron chi connectivity index (χ4n) is 4.12. The van der Waals surface area contributed by atoms with Crippen LogP contribution in [0.2, 0.25) is 0 Å². The lowest BCUT2D eigenvalue weighted by molar-refractivity contribution is -0.114. The minimum absolute atomic E-state index is 0.000926. The molecule has 3 aromatic carbocycles. The van der Waals surface area contributed by atoms with Gasteiger partial charge in [-0.3, -0.25) is 14.4 Å². The Labute approximate surface area is 216 Å².